The molecule has 26 heavy (non-hydrogen) atoms. The molecule has 10 heteroatoms. The van der Waals surface area contributed by atoms with E-state index in [1.54, 1.807) is 37.2 Å². The van der Waals surface area contributed by atoms with E-state index in [-0.39, 0.29) is 16.5 Å². The van der Waals surface area contributed by atoms with Crippen LogP contribution in [-0.2, 0) is 22.3 Å². The molecule has 140 valence electrons. The molecule has 1 unspecified atom stereocenters. The van der Waals surface area contributed by atoms with Crippen LogP contribution in [0.5, 0.6) is 0 Å². The fourth-order valence-electron chi connectivity index (χ4n) is 2.62. The van der Waals surface area contributed by atoms with Gasteiger partial charge in [-0.25, -0.2) is 13.1 Å². The average molecular weight is 416 g/mol. The zero-order chi connectivity index (χ0) is 18.9. The summed E-state index contributed by atoms with van der Waals surface area (Å²) in [5.74, 6) is 0.812. The molecule has 1 saturated heterocycles. The monoisotopic (exact) mass is 415 g/mol. The highest BCUT2D eigenvalue weighted by Gasteiger charge is 2.43. The molecule has 2 heterocycles. The minimum Gasteiger partial charge on any atom is -0.468 e. The Morgan fingerprint density at radius 3 is 2.85 bits per heavy atom. The van der Waals surface area contributed by atoms with E-state index in [1.165, 1.54) is 30.2 Å². The Hall–Kier alpha value is -1.52. The quantitative estimate of drug-likeness (QED) is 0.777. The third kappa shape index (κ3) is 3.49. The van der Waals surface area contributed by atoms with Gasteiger partial charge in [-0.3, -0.25) is 4.99 Å². The molecule has 1 atom stereocenters. The van der Waals surface area contributed by atoms with Crippen LogP contribution >= 0.6 is 23.4 Å². The molecule has 2 N–H and O–H groups in total. The van der Waals surface area contributed by atoms with Crippen molar-refractivity contribution in [3.8, 4) is 0 Å². The number of amidine groups is 1. The van der Waals surface area contributed by atoms with E-state index in [4.69, 9.17) is 16.0 Å². The molecule has 0 bridgehead atoms. The number of sulfonamides is 1. The smallest absolute Gasteiger partial charge is 0.242 e. The van der Waals surface area contributed by atoms with Crippen molar-refractivity contribution in [1.82, 2.24) is 9.62 Å². The topological polar surface area (TPSA) is 95.1 Å². The SMILES string of the molecule is CN=C1SCC(O)(c2ccc(Cl)c(S(=O)(=O)NCc3ccco3)c2)N1C. The Bertz CT molecular complexity index is 931. The lowest BCUT2D eigenvalue weighted by Crippen LogP contribution is -2.42. The first-order chi connectivity index (χ1) is 12.3. The van der Waals surface area contributed by atoms with Crippen molar-refractivity contribution in [2.45, 2.75) is 17.2 Å². The van der Waals surface area contributed by atoms with Crippen LogP contribution < -0.4 is 4.72 Å². The Balaban J connectivity index is 1.93. The third-order valence-electron chi connectivity index (χ3n) is 4.14. The number of furan rings is 1. The number of nitrogens with zero attached hydrogens (tertiary/aromatic N) is 2. The second kappa shape index (κ2) is 7.24. The van der Waals surface area contributed by atoms with E-state index in [2.05, 4.69) is 9.71 Å². The van der Waals surface area contributed by atoms with Gasteiger partial charge in [-0.1, -0.05) is 29.4 Å². The van der Waals surface area contributed by atoms with Crippen molar-refractivity contribution in [1.29, 1.82) is 0 Å². The highest BCUT2D eigenvalue weighted by atomic mass is 35.5. The van der Waals surface area contributed by atoms with Crippen LogP contribution in [0.15, 0.2) is 50.9 Å². The van der Waals surface area contributed by atoms with Crippen LogP contribution in [0.2, 0.25) is 5.02 Å². The highest BCUT2D eigenvalue weighted by Crippen LogP contribution is 2.39. The van der Waals surface area contributed by atoms with Crippen molar-refractivity contribution in [3.63, 3.8) is 0 Å². The van der Waals surface area contributed by atoms with Gasteiger partial charge < -0.3 is 14.4 Å². The molecule has 0 spiro atoms. The van der Waals surface area contributed by atoms with E-state index < -0.39 is 15.7 Å². The van der Waals surface area contributed by atoms with Crippen LogP contribution in [0, 0.1) is 0 Å². The second-order valence-electron chi connectivity index (χ2n) is 5.72. The van der Waals surface area contributed by atoms with Crippen LogP contribution in [0.25, 0.3) is 0 Å². The van der Waals surface area contributed by atoms with Gasteiger partial charge in [0, 0.05) is 19.7 Å². The number of hydrogen-bond acceptors (Lipinski definition) is 6. The number of aliphatic hydroxyl groups is 1. The van der Waals surface area contributed by atoms with Crippen molar-refractivity contribution in [2.24, 2.45) is 4.99 Å². The van der Waals surface area contributed by atoms with Gasteiger partial charge in [-0.15, -0.1) is 0 Å². The van der Waals surface area contributed by atoms with E-state index >= 15 is 0 Å². The first-order valence-corrected chi connectivity index (χ1v) is 10.5. The maximum atomic E-state index is 12.7. The summed E-state index contributed by atoms with van der Waals surface area (Å²) in [4.78, 5) is 5.63. The highest BCUT2D eigenvalue weighted by molar-refractivity contribution is 8.14. The molecule has 0 amide bonds. The lowest BCUT2D eigenvalue weighted by molar-refractivity contribution is -0.0349. The zero-order valence-corrected chi connectivity index (χ0v) is 16.5. The first-order valence-electron chi connectivity index (χ1n) is 7.66. The molecule has 0 radical (unpaired) electrons. The standard InChI is InChI=1S/C16H18ClN3O4S2/c1-18-15-20(2)16(21,10-25-15)11-5-6-13(17)14(8-11)26(22,23)19-9-12-4-3-7-24-12/h3-8,19,21H,9-10H2,1-2H3. The number of thioether (sulfide) groups is 1. The third-order valence-corrected chi connectivity index (χ3v) is 7.28. The fraction of sp³-hybridized carbons (Fsp3) is 0.312. The molecular weight excluding hydrogens is 398 g/mol. The minimum atomic E-state index is -3.89. The number of nitrogens with one attached hydrogen (secondary N) is 1. The molecular formula is C16H18ClN3O4S2. The molecule has 3 rings (SSSR count). The summed E-state index contributed by atoms with van der Waals surface area (Å²) in [7, 11) is -0.543. The molecule has 2 aromatic rings. The summed E-state index contributed by atoms with van der Waals surface area (Å²) in [5.41, 5.74) is -0.941. The van der Waals surface area contributed by atoms with Crippen LogP contribution in [0.1, 0.15) is 11.3 Å². The predicted octanol–water partition coefficient (Wildman–Crippen LogP) is 2.22. The molecule has 0 aliphatic carbocycles. The van der Waals surface area contributed by atoms with Gasteiger partial charge in [0.1, 0.15) is 10.7 Å². The number of benzene rings is 1. The number of rotatable bonds is 5. The van der Waals surface area contributed by atoms with E-state index in [9.17, 15) is 13.5 Å². The Kier molecular flexibility index (Phi) is 5.36. The van der Waals surface area contributed by atoms with E-state index in [0.717, 1.165) is 0 Å². The predicted molar refractivity (Wildman–Crippen MR) is 102 cm³/mol. The molecule has 1 aromatic carbocycles. The Labute approximate surface area is 161 Å². The lowest BCUT2D eigenvalue weighted by atomic mass is 10.0. The molecule has 1 fully saturated rings. The normalized spacial score (nSPS) is 22.3. The maximum absolute atomic E-state index is 12.7. The van der Waals surface area contributed by atoms with Gasteiger partial charge in [-0.2, -0.15) is 0 Å². The van der Waals surface area contributed by atoms with Gasteiger partial charge in [0.05, 0.1) is 23.6 Å². The van der Waals surface area contributed by atoms with E-state index in [1.807, 2.05) is 0 Å². The molecule has 7 nitrogen and oxygen atoms in total. The summed E-state index contributed by atoms with van der Waals surface area (Å²) in [6, 6.07) is 7.81. The second-order valence-corrected chi connectivity index (χ2v) is 8.80. The van der Waals surface area contributed by atoms with Crippen molar-refractivity contribution in [2.75, 3.05) is 19.8 Å². The largest absolute Gasteiger partial charge is 0.468 e. The van der Waals surface area contributed by atoms with Gasteiger partial charge in [0.25, 0.3) is 0 Å². The van der Waals surface area contributed by atoms with Crippen molar-refractivity contribution < 1.29 is 17.9 Å². The number of hydrogen-bond donors (Lipinski definition) is 2. The first kappa shape index (κ1) is 19.2. The molecule has 1 aromatic heterocycles. The Morgan fingerprint density at radius 2 is 2.23 bits per heavy atom. The van der Waals surface area contributed by atoms with Gasteiger partial charge in [-0.05, 0) is 24.3 Å². The van der Waals surface area contributed by atoms with E-state index in [0.29, 0.717) is 22.2 Å². The Morgan fingerprint density at radius 1 is 1.46 bits per heavy atom. The van der Waals surface area contributed by atoms with Crippen molar-refractivity contribution in [3.05, 3.63) is 52.9 Å². The summed E-state index contributed by atoms with van der Waals surface area (Å²) in [6.45, 7) is 0.00253. The minimum absolute atomic E-state index is 0.00253. The van der Waals surface area contributed by atoms with Crippen LogP contribution in [0.4, 0.5) is 0 Å². The van der Waals surface area contributed by atoms with Gasteiger partial charge >= 0.3 is 0 Å². The number of halogens is 1. The lowest BCUT2D eigenvalue weighted by Gasteiger charge is -2.31. The number of aliphatic imine (C=N–C) groups is 1. The zero-order valence-electron chi connectivity index (χ0n) is 14.1. The van der Waals surface area contributed by atoms with Crippen LogP contribution in [-0.4, -0.2) is 43.4 Å². The fourth-order valence-corrected chi connectivity index (χ4v) is 5.31. The van der Waals surface area contributed by atoms with Crippen LogP contribution in [0.3, 0.4) is 0 Å². The van der Waals surface area contributed by atoms with Gasteiger partial charge in [0.2, 0.25) is 10.0 Å². The molecule has 0 saturated carbocycles. The summed E-state index contributed by atoms with van der Waals surface area (Å²) < 4.78 is 32.9. The van der Waals surface area contributed by atoms with Gasteiger partial charge in [0.15, 0.2) is 10.9 Å². The summed E-state index contributed by atoms with van der Waals surface area (Å²) in [6.07, 6.45) is 1.47. The molecule has 1 aliphatic heterocycles. The van der Waals surface area contributed by atoms with Crippen molar-refractivity contribution >= 4 is 38.6 Å². The molecule has 1 aliphatic rings. The average Bonchev–Trinajstić information content (AvgIpc) is 3.23. The maximum Gasteiger partial charge on any atom is 0.242 e. The summed E-state index contributed by atoms with van der Waals surface area (Å²) in [5, 5.41) is 11.8. The summed E-state index contributed by atoms with van der Waals surface area (Å²) >= 11 is 7.51.